The molecule has 1 amide bonds. The number of hydrazine groups is 1. The number of nitrogens with one attached hydrogen (secondary N) is 1. The normalized spacial score (nSPS) is 12.6. The number of hydrogen-bond acceptors (Lipinski definition) is 3. The van der Waals surface area contributed by atoms with Crippen LogP contribution in [-0.4, -0.2) is 25.0 Å². The first-order chi connectivity index (χ1) is 8.32. The fourth-order valence-corrected chi connectivity index (χ4v) is 1.98. The molecule has 0 bridgehead atoms. The second-order valence-corrected chi connectivity index (χ2v) is 4.96. The van der Waals surface area contributed by atoms with E-state index in [-0.39, 0.29) is 11.9 Å². The van der Waals surface area contributed by atoms with E-state index in [1.165, 1.54) is 16.7 Å². The molecule has 1 unspecified atom stereocenters. The third-order valence-corrected chi connectivity index (χ3v) is 3.25. The maximum Gasteiger partial charge on any atom is 0.236 e. The van der Waals surface area contributed by atoms with Gasteiger partial charge in [-0.15, -0.1) is 0 Å². The highest BCUT2D eigenvalue weighted by Gasteiger charge is 2.15. The molecule has 0 saturated carbocycles. The average molecular weight is 249 g/mol. The quantitative estimate of drug-likeness (QED) is 0.797. The highest BCUT2D eigenvalue weighted by molar-refractivity contribution is 5.76. The number of carbonyl (C=O) groups excluding carboxylic acids is 1. The summed E-state index contributed by atoms with van der Waals surface area (Å²) in [7, 11) is 3.56. The molecule has 4 nitrogen and oxygen atoms in total. The van der Waals surface area contributed by atoms with Crippen LogP contribution in [0.15, 0.2) is 12.1 Å². The van der Waals surface area contributed by atoms with Crippen LogP contribution in [0.2, 0.25) is 0 Å². The highest BCUT2D eigenvalue weighted by atomic mass is 16.2. The highest BCUT2D eigenvalue weighted by Crippen LogP contribution is 2.23. The number of hydrogen-bond donors (Lipinski definition) is 2. The van der Waals surface area contributed by atoms with Crippen LogP contribution in [-0.2, 0) is 4.79 Å². The van der Waals surface area contributed by atoms with Crippen LogP contribution in [0.3, 0.4) is 0 Å². The lowest BCUT2D eigenvalue weighted by Gasteiger charge is -2.18. The summed E-state index contributed by atoms with van der Waals surface area (Å²) in [6, 6.07) is 3.82. The van der Waals surface area contributed by atoms with Gasteiger partial charge in [0.1, 0.15) is 0 Å². The first-order valence-corrected chi connectivity index (χ1v) is 6.12. The van der Waals surface area contributed by atoms with Gasteiger partial charge in [-0.3, -0.25) is 10.2 Å². The Morgan fingerprint density at radius 3 is 2.44 bits per heavy atom. The van der Waals surface area contributed by atoms with E-state index < -0.39 is 0 Å². The third kappa shape index (κ3) is 3.55. The summed E-state index contributed by atoms with van der Waals surface area (Å²) in [4.78, 5) is 11.7. The molecule has 0 saturated heterocycles. The Morgan fingerprint density at radius 2 is 1.89 bits per heavy atom. The minimum atomic E-state index is -0.260. The molecule has 1 rings (SSSR count). The Hall–Kier alpha value is -1.39. The molecule has 1 aromatic rings. The maximum atomic E-state index is 11.7. The van der Waals surface area contributed by atoms with E-state index in [0.717, 1.165) is 5.56 Å². The minimum absolute atomic E-state index is 0.0647. The lowest BCUT2D eigenvalue weighted by Crippen LogP contribution is -2.37. The SMILES string of the molecule is Cc1ccc(C(N)CC(=O)NN(C)C)c(C)c1C. The van der Waals surface area contributed by atoms with Gasteiger partial charge in [0.05, 0.1) is 0 Å². The predicted octanol–water partition coefficient (Wildman–Crippen LogP) is 1.59. The van der Waals surface area contributed by atoms with Crippen molar-refractivity contribution in [2.45, 2.75) is 33.2 Å². The monoisotopic (exact) mass is 249 g/mol. The van der Waals surface area contributed by atoms with Crippen LogP contribution < -0.4 is 11.2 Å². The average Bonchev–Trinajstić information content (AvgIpc) is 2.24. The number of aryl methyl sites for hydroxylation is 1. The van der Waals surface area contributed by atoms with Crippen molar-refractivity contribution in [3.05, 3.63) is 34.4 Å². The first-order valence-electron chi connectivity index (χ1n) is 6.12. The van der Waals surface area contributed by atoms with Crippen LogP contribution in [0, 0.1) is 20.8 Å². The van der Waals surface area contributed by atoms with Gasteiger partial charge in [0, 0.05) is 26.6 Å². The Kier molecular flexibility index (Phi) is 4.87. The summed E-state index contributed by atoms with van der Waals surface area (Å²) in [5.41, 5.74) is 13.5. The standard InChI is InChI=1S/C14H23N3O/c1-9-6-7-12(11(3)10(9)2)13(15)8-14(18)16-17(4)5/h6-7,13H,8,15H2,1-5H3,(H,16,18). The topological polar surface area (TPSA) is 58.4 Å². The molecular weight excluding hydrogens is 226 g/mol. The predicted molar refractivity (Wildman–Crippen MR) is 74.0 cm³/mol. The number of benzene rings is 1. The minimum Gasteiger partial charge on any atom is -0.324 e. The smallest absolute Gasteiger partial charge is 0.236 e. The van der Waals surface area contributed by atoms with Crippen molar-refractivity contribution >= 4 is 5.91 Å². The Labute approximate surface area is 109 Å². The third-order valence-electron chi connectivity index (χ3n) is 3.25. The Bertz CT molecular complexity index is 441. The van der Waals surface area contributed by atoms with Crippen molar-refractivity contribution < 1.29 is 4.79 Å². The van der Waals surface area contributed by atoms with Crippen LogP contribution in [0.1, 0.15) is 34.7 Å². The summed E-state index contributed by atoms with van der Waals surface area (Å²) in [6.45, 7) is 6.22. The molecular formula is C14H23N3O. The van der Waals surface area contributed by atoms with E-state index in [2.05, 4.69) is 32.3 Å². The van der Waals surface area contributed by atoms with E-state index in [1.807, 2.05) is 6.07 Å². The van der Waals surface area contributed by atoms with Gasteiger partial charge in [-0.25, -0.2) is 5.01 Å². The van der Waals surface area contributed by atoms with E-state index in [9.17, 15) is 4.79 Å². The second-order valence-electron chi connectivity index (χ2n) is 4.96. The number of carbonyl (C=O) groups is 1. The van der Waals surface area contributed by atoms with Crippen LogP contribution in [0.5, 0.6) is 0 Å². The molecule has 1 atom stereocenters. The largest absolute Gasteiger partial charge is 0.324 e. The molecule has 1 aromatic carbocycles. The maximum absolute atomic E-state index is 11.7. The second kappa shape index (κ2) is 5.98. The van der Waals surface area contributed by atoms with E-state index in [4.69, 9.17) is 5.73 Å². The first kappa shape index (κ1) is 14.7. The van der Waals surface area contributed by atoms with Crippen molar-refractivity contribution in [1.29, 1.82) is 0 Å². The van der Waals surface area contributed by atoms with Crippen LogP contribution >= 0.6 is 0 Å². The molecule has 0 aromatic heterocycles. The summed E-state index contributed by atoms with van der Waals surface area (Å²) in [5.74, 6) is -0.0647. The number of amides is 1. The zero-order valence-electron chi connectivity index (χ0n) is 11.9. The zero-order chi connectivity index (χ0) is 13.9. The van der Waals surface area contributed by atoms with Crippen LogP contribution in [0.4, 0.5) is 0 Å². The van der Waals surface area contributed by atoms with Crippen molar-refractivity contribution in [1.82, 2.24) is 10.4 Å². The van der Waals surface area contributed by atoms with Gasteiger partial charge in [0.25, 0.3) is 0 Å². The van der Waals surface area contributed by atoms with Crippen molar-refractivity contribution in [2.75, 3.05) is 14.1 Å². The molecule has 4 heteroatoms. The summed E-state index contributed by atoms with van der Waals surface area (Å²) in [5, 5.41) is 1.63. The number of nitrogens with zero attached hydrogens (tertiary/aromatic N) is 1. The molecule has 18 heavy (non-hydrogen) atoms. The van der Waals surface area contributed by atoms with E-state index in [0.29, 0.717) is 6.42 Å². The molecule has 0 heterocycles. The van der Waals surface area contributed by atoms with Crippen molar-refractivity contribution in [3.8, 4) is 0 Å². The summed E-state index contributed by atoms with van der Waals surface area (Å²) in [6.07, 6.45) is 0.293. The zero-order valence-corrected chi connectivity index (χ0v) is 11.9. The molecule has 0 aliphatic rings. The van der Waals surface area contributed by atoms with E-state index >= 15 is 0 Å². The molecule has 0 spiro atoms. The van der Waals surface area contributed by atoms with Crippen LogP contribution in [0.25, 0.3) is 0 Å². The van der Waals surface area contributed by atoms with Gasteiger partial charge in [-0.1, -0.05) is 12.1 Å². The van der Waals surface area contributed by atoms with E-state index in [1.54, 1.807) is 19.1 Å². The molecule has 100 valence electrons. The summed E-state index contributed by atoms with van der Waals surface area (Å²) >= 11 is 0. The van der Waals surface area contributed by atoms with Gasteiger partial charge >= 0.3 is 0 Å². The molecule has 3 N–H and O–H groups in total. The summed E-state index contributed by atoms with van der Waals surface area (Å²) < 4.78 is 0. The van der Waals surface area contributed by atoms with Crippen molar-refractivity contribution in [3.63, 3.8) is 0 Å². The van der Waals surface area contributed by atoms with Gasteiger partial charge < -0.3 is 5.73 Å². The Morgan fingerprint density at radius 1 is 1.28 bits per heavy atom. The molecule has 0 aliphatic heterocycles. The lowest BCUT2D eigenvalue weighted by atomic mass is 9.93. The van der Waals surface area contributed by atoms with Gasteiger partial charge in [0.2, 0.25) is 5.91 Å². The lowest BCUT2D eigenvalue weighted by molar-refractivity contribution is -0.125. The fourth-order valence-electron chi connectivity index (χ4n) is 1.98. The van der Waals surface area contributed by atoms with Crippen molar-refractivity contribution in [2.24, 2.45) is 5.73 Å². The van der Waals surface area contributed by atoms with Gasteiger partial charge in [-0.05, 0) is 43.0 Å². The number of rotatable bonds is 4. The molecule has 0 aliphatic carbocycles. The van der Waals surface area contributed by atoms with Gasteiger partial charge in [0.15, 0.2) is 0 Å². The molecule has 0 radical (unpaired) electrons. The fraction of sp³-hybridized carbons (Fsp3) is 0.500. The molecule has 0 fully saturated rings. The Balaban J connectivity index is 2.82. The number of nitrogens with two attached hydrogens (primary N) is 1. The van der Waals surface area contributed by atoms with Gasteiger partial charge in [-0.2, -0.15) is 0 Å².